The minimum atomic E-state index is -0.101. The Kier molecular flexibility index (Phi) is 13.5. The summed E-state index contributed by atoms with van der Waals surface area (Å²) in [6.07, 6.45) is 4.75. The lowest BCUT2D eigenvalue weighted by Gasteiger charge is -2.44. The van der Waals surface area contributed by atoms with Crippen molar-refractivity contribution in [3.63, 3.8) is 0 Å². The van der Waals surface area contributed by atoms with Gasteiger partial charge >= 0.3 is 0 Å². The van der Waals surface area contributed by atoms with E-state index < -0.39 is 0 Å². The molecule has 2 aliphatic carbocycles. The van der Waals surface area contributed by atoms with Crippen LogP contribution in [0.1, 0.15) is 156 Å². The van der Waals surface area contributed by atoms with E-state index in [4.69, 9.17) is 0 Å². The minimum absolute atomic E-state index is 0.00170. The van der Waals surface area contributed by atoms with Crippen LogP contribution in [0.15, 0.2) is 231 Å². The first-order valence-corrected chi connectivity index (χ1v) is 34.6. The van der Waals surface area contributed by atoms with E-state index in [-0.39, 0.29) is 39.2 Å². The molecule has 0 radical (unpaired) electrons. The van der Waals surface area contributed by atoms with Gasteiger partial charge in [0.05, 0.1) is 11.0 Å². The minimum Gasteiger partial charge on any atom is -0.311 e. The van der Waals surface area contributed by atoms with Gasteiger partial charge in [-0.05, 0) is 225 Å². The highest BCUT2D eigenvalue weighted by Crippen LogP contribution is 2.52. The van der Waals surface area contributed by atoms with E-state index in [2.05, 4.69) is 342 Å². The van der Waals surface area contributed by atoms with Crippen LogP contribution in [0.4, 0.5) is 34.1 Å². The highest BCUT2D eigenvalue weighted by atomic mass is 15.2. The van der Waals surface area contributed by atoms with Crippen molar-refractivity contribution in [3.05, 3.63) is 264 Å². The van der Waals surface area contributed by atoms with Crippen molar-refractivity contribution in [2.24, 2.45) is 0 Å². The number of aromatic nitrogens is 1. The first-order valence-electron chi connectivity index (χ1n) is 34.6. The standard InChI is InChI=1S/C90H88BN3/c1-85(2,3)65-33-24-58(25-34-65)63-32-43-76-80(52-63)92(67-36-26-59(27-37-67)61-30-41-72-74(50-61)89(11,12)48-46-87(72,7)8)82-53-64(57-20-16-15-17-21-57)54-83-84(82)91(76)77-44-40-69(94-78-23-19-18-22-70(78)71-55-66(86(4,5)6)35-45-79(71)94)56-81(77)93(83)68-38-28-60(29-39-68)62-31-42-73-75(51-62)90(13,14)49-47-88(73,9)10/h15-45,50-56H,46-49H2,1-14H3. The lowest BCUT2D eigenvalue weighted by Crippen LogP contribution is -2.61. The third-order valence-electron chi connectivity index (χ3n) is 22.7. The van der Waals surface area contributed by atoms with Crippen molar-refractivity contribution in [1.29, 1.82) is 0 Å². The van der Waals surface area contributed by atoms with Gasteiger partial charge < -0.3 is 14.4 Å². The highest BCUT2D eigenvalue weighted by molar-refractivity contribution is 7.00. The molecule has 4 aliphatic rings. The van der Waals surface area contributed by atoms with Crippen LogP contribution >= 0.6 is 0 Å². The fraction of sp³-hybridized carbons (Fsp3) is 0.267. The molecule has 1 aromatic heterocycles. The molecule has 0 atom stereocenters. The van der Waals surface area contributed by atoms with Gasteiger partial charge in [0.15, 0.2) is 0 Å². The molecular formula is C90H88BN3. The van der Waals surface area contributed by atoms with E-state index in [0.29, 0.717) is 0 Å². The Morgan fingerprint density at radius 2 is 0.691 bits per heavy atom. The summed E-state index contributed by atoms with van der Waals surface area (Å²) in [7, 11) is 0. The predicted molar refractivity (Wildman–Crippen MR) is 405 cm³/mol. The molecule has 0 spiro atoms. The average Bonchev–Trinajstić information content (AvgIpc) is 0.717. The number of nitrogens with zero attached hydrogens (tertiary/aromatic N) is 3. The summed E-state index contributed by atoms with van der Waals surface area (Å²) in [4.78, 5) is 5.22. The zero-order valence-corrected chi connectivity index (χ0v) is 57.7. The molecule has 0 saturated carbocycles. The molecule has 3 nitrogen and oxygen atoms in total. The summed E-state index contributed by atoms with van der Waals surface area (Å²) in [5, 5.41) is 2.54. The number of rotatable bonds is 7. The Balaban J connectivity index is 0.939. The molecule has 466 valence electrons. The summed E-state index contributed by atoms with van der Waals surface area (Å²) in [6.45, 7) is 33.2. The van der Waals surface area contributed by atoms with Crippen molar-refractivity contribution >= 4 is 79.0 Å². The van der Waals surface area contributed by atoms with Crippen molar-refractivity contribution < 1.29 is 0 Å². The third kappa shape index (κ3) is 9.74. The summed E-state index contributed by atoms with van der Waals surface area (Å²) in [6, 6.07) is 90.0. The maximum absolute atomic E-state index is 2.62. The second kappa shape index (κ2) is 21.2. The Morgan fingerprint density at radius 1 is 0.298 bits per heavy atom. The lowest BCUT2D eigenvalue weighted by atomic mass is 9.33. The van der Waals surface area contributed by atoms with Gasteiger partial charge in [-0.1, -0.05) is 255 Å². The molecule has 3 heterocycles. The van der Waals surface area contributed by atoms with Crippen LogP contribution in [-0.2, 0) is 32.5 Å². The number of para-hydroxylation sites is 1. The molecule has 11 aromatic carbocycles. The van der Waals surface area contributed by atoms with E-state index in [1.54, 1.807) is 0 Å². The van der Waals surface area contributed by atoms with Gasteiger partial charge in [-0.2, -0.15) is 0 Å². The first-order chi connectivity index (χ1) is 44.8. The van der Waals surface area contributed by atoms with Crippen LogP contribution in [0.5, 0.6) is 0 Å². The van der Waals surface area contributed by atoms with E-state index in [0.717, 1.165) is 17.1 Å². The molecule has 16 rings (SSSR count). The van der Waals surface area contributed by atoms with Crippen LogP contribution < -0.4 is 26.2 Å². The van der Waals surface area contributed by atoms with Crippen LogP contribution in [0.3, 0.4) is 0 Å². The van der Waals surface area contributed by atoms with Gasteiger partial charge in [0.25, 0.3) is 6.71 Å². The molecule has 0 bridgehead atoms. The van der Waals surface area contributed by atoms with E-state index in [9.17, 15) is 0 Å². The van der Waals surface area contributed by atoms with E-state index in [1.807, 2.05) is 0 Å². The number of benzene rings is 11. The van der Waals surface area contributed by atoms with Gasteiger partial charge in [0.2, 0.25) is 0 Å². The quantitative estimate of drug-likeness (QED) is 0.147. The second-order valence-electron chi connectivity index (χ2n) is 32.7. The fourth-order valence-corrected chi connectivity index (χ4v) is 16.7. The number of anilines is 6. The Hall–Kier alpha value is -9.12. The van der Waals surface area contributed by atoms with Crippen LogP contribution in [-0.4, -0.2) is 11.3 Å². The number of hydrogen-bond acceptors (Lipinski definition) is 2. The molecular weight excluding hydrogens is 1130 g/mol. The lowest BCUT2D eigenvalue weighted by molar-refractivity contribution is 0.332. The number of hydrogen-bond donors (Lipinski definition) is 0. The van der Waals surface area contributed by atoms with Gasteiger partial charge in [0.1, 0.15) is 0 Å². The molecule has 0 unspecified atom stereocenters. The van der Waals surface area contributed by atoms with Crippen molar-refractivity contribution in [1.82, 2.24) is 4.57 Å². The van der Waals surface area contributed by atoms with Gasteiger partial charge in [0, 0.05) is 50.6 Å². The normalized spacial score (nSPS) is 16.5. The largest absolute Gasteiger partial charge is 0.311 e. The van der Waals surface area contributed by atoms with E-state index in [1.165, 1.54) is 165 Å². The summed E-state index contributed by atoms with van der Waals surface area (Å²) >= 11 is 0. The molecule has 12 aromatic rings. The number of fused-ring (bicyclic) bond motifs is 9. The SMILES string of the molecule is CC(C)(C)c1ccc(-c2ccc3c(c2)N(c2ccc(-c4ccc5c(c4)C(C)(C)CCC5(C)C)cc2)c2cc(-c4ccccc4)cc4c2B3c2ccc(-n3c5ccccc5c5cc(C(C)(C)C)ccc53)cc2N4c2ccc(-c3ccc4c(c3)C(C)(C)CCC4(C)C)cc2)cc1. The molecule has 94 heavy (non-hydrogen) atoms. The Morgan fingerprint density at radius 3 is 1.22 bits per heavy atom. The van der Waals surface area contributed by atoms with Crippen LogP contribution in [0, 0.1) is 0 Å². The summed E-state index contributed by atoms with van der Waals surface area (Å²) in [5.41, 5.74) is 33.3. The maximum Gasteiger partial charge on any atom is 0.252 e. The zero-order chi connectivity index (χ0) is 65.2. The zero-order valence-electron chi connectivity index (χ0n) is 57.7. The molecule has 0 N–H and O–H groups in total. The average molecular weight is 1220 g/mol. The molecule has 2 aliphatic heterocycles. The predicted octanol–water partition coefficient (Wildman–Crippen LogP) is 22.8. The third-order valence-corrected chi connectivity index (χ3v) is 22.7. The van der Waals surface area contributed by atoms with Gasteiger partial charge in [-0.3, -0.25) is 0 Å². The van der Waals surface area contributed by atoms with Crippen molar-refractivity contribution in [2.75, 3.05) is 9.80 Å². The second-order valence-corrected chi connectivity index (χ2v) is 32.7. The van der Waals surface area contributed by atoms with E-state index >= 15 is 0 Å². The molecule has 4 heteroatoms. The maximum atomic E-state index is 2.62. The summed E-state index contributed by atoms with van der Waals surface area (Å²) < 4.78 is 2.52. The van der Waals surface area contributed by atoms with Crippen LogP contribution in [0.2, 0.25) is 0 Å². The van der Waals surface area contributed by atoms with Crippen LogP contribution in [0.25, 0.3) is 72.0 Å². The van der Waals surface area contributed by atoms with Gasteiger partial charge in [-0.15, -0.1) is 0 Å². The highest BCUT2D eigenvalue weighted by Gasteiger charge is 2.45. The fourth-order valence-electron chi connectivity index (χ4n) is 16.7. The molecule has 0 amide bonds. The molecule has 0 fully saturated rings. The van der Waals surface area contributed by atoms with Crippen molar-refractivity contribution in [3.8, 4) is 50.2 Å². The summed E-state index contributed by atoms with van der Waals surface area (Å²) in [5.74, 6) is 0. The monoisotopic (exact) mass is 1220 g/mol. The first kappa shape index (κ1) is 59.9. The Labute approximate surface area is 559 Å². The van der Waals surface area contributed by atoms with Gasteiger partial charge in [-0.25, -0.2) is 0 Å². The molecule has 0 saturated heterocycles. The van der Waals surface area contributed by atoms with Crippen molar-refractivity contribution in [2.45, 2.75) is 155 Å². The Bertz CT molecular complexity index is 5020. The smallest absolute Gasteiger partial charge is 0.252 e. The topological polar surface area (TPSA) is 11.4 Å².